The fourth-order valence-corrected chi connectivity index (χ4v) is 2.96. The Balaban J connectivity index is 1.98. The number of aryl methyl sites for hydroxylation is 2. The molecular weight excluding hydrogens is 222 g/mol. The summed E-state index contributed by atoms with van der Waals surface area (Å²) in [5.74, 6) is 0.637. The first-order chi connectivity index (χ1) is 8.54. The summed E-state index contributed by atoms with van der Waals surface area (Å²) in [6.45, 7) is 4.17. The smallest absolute Gasteiger partial charge is 0.140 e. The maximum atomic E-state index is 12.3. The van der Waals surface area contributed by atoms with Crippen molar-refractivity contribution in [1.82, 2.24) is 0 Å². The van der Waals surface area contributed by atoms with Crippen molar-refractivity contribution in [2.45, 2.75) is 52.0 Å². The van der Waals surface area contributed by atoms with Gasteiger partial charge in [-0.1, -0.05) is 29.3 Å². The normalized spacial score (nSPS) is 23.9. The van der Waals surface area contributed by atoms with Gasteiger partial charge >= 0.3 is 0 Å². The van der Waals surface area contributed by atoms with Crippen molar-refractivity contribution in [1.29, 1.82) is 0 Å². The number of hydrogen-bond acceptors (Lipinski definition) is 2. The van der Waals surface area contributed by atoms with Crippen LogP contribution in [-0.4, -0.2) is 11.8 Å². The van der Waals surface area contributed by atoms with Crippen molar-refractivity contribution in [3.05, 3.63) is 34.9 Å². The van der Waals surface area contributed by atoms with E-state index in [1.165, 1.54) is 11.1 Å². The highest BCUT2D eigenvalue weighted by Crippen LogP contribution is 2.25. The second kappa shape index (κ2) is 5.66. The molecule has 1 aliphatic rings. The molecule has 1 saturated carbocycles. The molecule has 2 nitrogen and oxygen atoms in total. The molecule has 1 aromatic rings. The third-order valence-corrected chi connectivity index (χ3v) is 3.89. The van der Waals surface area contributed by atoms with Gasteiger partial charge in [0.25, 0.3) is 0 Å². The zero-order valence-electron chi connectivity index (χ0n) is 11.4. The van der Waals surface area contributed by atoms with Gasteiger partial charge in [-0.05, 0) is 45.1 Å². The molecule has 0 amide bonds. The molecule has 1 aromatic carbocycles. The summed E-state index contributed by atoms with van der Waals surface area (Å²) in [7, 11) is 0. The Kier molecular flexibility index (Phi) is 4.18. The quantitative estimate of drug-likeness (QED) is 0.889. The van der Waals surface area contributed by atoms with Crippen molar-refractivity contribution in [2.75, 3.05) is 0 Å². The molecule has 0 radical (unpaired) electrons. The molecule has 18 heavy (non-hydrogen) atoms. The summed E-state index contributed by atoms with van der Waals surface area (Å²) in [4.78, 5) is 12.3. The van der Waals surface area contributed by atoms with Crippen LogP contribution in [-0.2, 0) is 11.2 Å². The number of rotatable bonds is 3. The van der Waals surface area contributed by atoms with Gasteiger partial charge in [-0.2, -0.15) is 0 Å². The summed E-state index contributed by atoms with van der Waals surface area (Å²) >= 11 is 0. The number of carbonyl (C=O) groups excluding carboxylic acids is 1. The molecule has 2 heteroatoms. The summed E-state index contributed by atoms with van der Waals surface area (Å²) in [5, 5.41) is 0. The Hall–Kier alpha value is -1.15. The maximum absolute atomic E-state index is 12.3. The van der Waals surface area contributed by atoms with Crippen molar-refractivity contribution >= 4 is 5.78 Å². The number of carbonyl (C=O) groups is 1. The first-order valence-electron chi connectivity index (χ1n) is 6.90. The molecule has 1 fully saturated rings. The van der Waals surface area contributed by atoms with Crippen LogP contribution >= 0.6 is 0 Å². The van der Waals surface area contributed by atoms with Crippen molar-refractivity contribution in [3.8, 4) is 0 Å². The lowest BCUT2D eigenvalue weighted by Gasteiger charge is -2.25. The van der Waals surface area contributed by atoms with Crippen LogP contribution in [0.25, 0.3) is 0 Å². The number of ketones is 1. The molecule has 2 rings (SSSR count). The molecule has 0 bridgehead atoms. The standard InChI is InChI=1S/C16H23NO/c1-11-7-12(2)9-13(8-11)10-16(18)14-3-5-15(17)6-4-14/h7-9,14-15H,3-6,10,17H2,1-2H3. The summed E-state index contributed by atoms with van der Waals surface area (Å²) in [6.07, 6.45) is 4.55. The lowest BCUT2D eigenvalue weighted by molar-refractivity contribution is -0.123. The highest BCUT2D eigenvalue weighted by molar-refractivity contribution is 5.83. The summed E-state index contributed by atoms with van der Waals surface area (Å²) < 4.78 is 0. The topological polar surface area (TPSA) is 43.1 Å². The lowest BCUT2D eigenvalue weighted by atomic mass is 9.82. The molecule has 0 heterocycles. The lowest BCUT2D eigenvalue weighted by Crippen LogP contribution is -2.30. The Morgan fingerprint density at radius 3 is 2.22 bits per heavy atom. The van der Waals surface area contributed by atoms with E-state index in [1.807, 2.05) is 0 Å². The van der Waals surface area contributed by atoms with Crippen LogP contribution in [0.5, 0.6) is 0 Å². The van der Waals surface area contributed by atoms with Gasteiger partial charge in [-0.3, -0.25) is 4.79 Å². The Labute approximate surface area is 110 Å². The minimum absolute atomic E-state index is 0.241. The van der Waals surface area contributed by atoms with Crippen LogP contribution in [0.4, 0.5) is 0 Å². The molecule has 0 aliphatic heterocycles. The summed E-state index contributed by atoms with van der Waals surface area (Å²) in [5.41, 5.74) is 9.52. The van der Waals surface area contributed by atoms with E-state index in [0.29, 0.717) is 18.2 Å². The Morgan fingerprint density at radius 2 is 1.67 bits per heavy atom. The molecule has 0 aromatic heterocycles. The van der Waals surface area contributed by atoms with Crippen LogP contribution in [0.2, 0.25) is 0 Å². The molecule has 0 saturated heterocycles. The Morgan fingerprint density at radius 1 is 1.11 bits per heavy atom. The zero-order chi connectivity index (χ0) is 13.1. The molecule has 0 atom stereocenters. The minimum Gasteiger partial charge on any atom is -0.328 e. The third kappa shape index (κ3) is 3.42. The first-order valence-corrected chi connectivity index (χ1v) is 6.90. The summed E-state index contributed by atoms with van der Waals surface area (Å²) in [6, 6.07) is 6.71. The van der Waals surface area contributed by atoms with Gasteiger partial charge in [-0.15, -0.1) is 0 Å². The monoisotopic (exact) mass is 245 g/mol. The number of hydrogen-bond donors (Lipinski definition) is 1. The fraction of sp³-hybridized carbons (Fsp3) is 0.562. The van der Waals surface area contributed by atoms with E-state index in [1.54, 1.807) is 0 Å². The number of nitrogens with two attached hydrogens (primary N) is 1. The van der Waals surface area contributed by atoms with E-state index in [4.69, 9.17) is 5.73 Å². The predicted molar refractivity (Wildman–Crippen MR) is 74.6 cm³/mol. The van der Waals surface area contributed by atoms with Crippen LogP contribution in [0, 0.1) is 19.8 Å². The van der Waals surface area contributed by atoms with E-state index in [0.717, 1.165) is 31.2 Å². The average Bonchev–Trinajstić information content (AvgIpc) is 2.28. The molecule has 0 spiro atoms. The highest BCUT2D eigenvalue weighted by Gasteiger charge is 2.24. The van der Waals surface area contributed by atoms with Crippen LogP contribution in [0.3, 0.4) is 0 Å². The van der Waals surface area contributed by atoms with Gasteiger partial charge in [0.05, 0.1) is 0 Å². The predicted octanol–water partition coefficient (Wildman–Crippen LogP) is 2.93. The van der Waals surface area contributed by atoms with Gasteiger partial charge in [0.1, 0.15) is 5.78 Å². The van der Waals surface area contributed by atoms with Crippen LogP contribution in [0.15, 0.2) is 18.2 Å². The van der Waals surface area contributed by atoms with Crippen molar-refractivity contribution in [3.63, 3.8) is 0 Å². The molecule has 98 valence electrons. The van der Waals surface area contributed by atoms with Crippen LogP contribution in [0.1, 0.15) is 42.4 Å². The SMILES string of the molecule is Cc1cc(C)cc(CC(=O)C2CCC(N)CC2)c1. The van der Waals surface area contributed by atoms with Gasteiger partial charge < -0.3 is 5.73 Å². The highest BCUT2D eigenvalue weighted by atomic mass is 16.1. The second-order valence-electron chi connectivity index (χ2n) is 5.75. The molecule has 1 aliphatic carbocycles. The van der Waals surface area contributed by atoms with Gasteiger partial charge in [0.15, 0.2) is 0 Å². The number of benzene rings is 1. The fourth-order valence-electron chi connectivity index (χ4n) is 2.96. The first kappa shape index (κ1) is 13.3. The zero-order valence-corrected chi connectivity index (χ0v) is 11.4. The van der Waals surface area contributed by atoms with E-state index >= 15 is 0 Å². The Bertz CT molecular complexity index is 410. The van der Waals surface area contributed by atoms with E-state index < -0.39 is 0 Å². The molecule has 0 unspecified atom stereocenters. The average molecular weight is 245 g/mol. The molecular formula is C16H23NO. The van der Waals surface area contributed by atoms with E-state index in [9.17, 15) is 4.79 Å². The maximum Gasteiger partial charge on any atom is 0.140 e. The van der Waals surface area contributed by atoms with Gasteiger partial charge in [0.2, 0.25) is 0 Å². The van der Waals surface area contributed by atoms with Gasteiger partial charge in [0, 0.05) is 18.4 Å². The van der Waals surface area contributed by atoms with E-state index in [2.05, 4.69) is 32.0 Å². The third-order valence-electron chi connectivity index (χ3n) is 3.89. The van der Waals surface area contributed by atoms with E-state index in [-0.39, 0.29) is 5.92 Å². The largest absolute Gasteiger partial charge is 0.328 e. The molecule has 2 N–H and O–H groups in total. The van der Waals surface area contributed by atoms with Gasteiger partial charge in [-0.25, -0.2) is 0 Å². The minimum atomic E-state index is 0.241. The van der Waals surface area contributed by atoms with Crippen molar-refractivity contribution in [2.24, 2.45) is 11.7 Å². The second-order valence-corrected chi connectivity index (χ2v) is 5.75. The van der Waals surface area contributed by atoms with Crippen molar-refractivity contribution < 1.29 is 4.79 Å². The number of Topliss-reactive ketones (excluding diaryl/α,β-unsaturated/α-hetero) is 1. The van der Waals surface area contributed by atoms with Crippen LogP contribution < -0.4 is 5.73 Å².